The van der Waals surface area contributed by atoms with Crippen molar-refractivity contribution in [2.45, 2.75) is 24.5 Å². The minimum absolute atomic E-state index is 0.0673. The Morgan fingerprint density at radius 2 is 1.17 bits per heavy atom. The molecule has 1 aromatic heterocycles. The average molecular weight is 1100 g/mol. The first-order valence-corrected chi connectivity index (χ1v) is 25.4. The van der Waals surface area contributed by atoms with Crippen LogP contribution in [-0.2, 0) is 62.4 Å². The maximum atomic E-state index is 12.7. The number of sulfone groups is 1. The lowest BCUT2D eigenvalue weighted by Gasteiger charge is -2.13. The molecule has 0 unspecified atom stereocenters. The van der Waals surface area contributed by atoms with Crippen molar-refractivity contribution in [3.05, 3.63) is 97.1 Å². The molecule has 0 aliphatic heterocycles. The number of nitrogens with one attached hydrogen (secondary N) is 3. The van der Waals surface area contributed by atoms with E-state index >= 15 is 0 Å². The van der Waals surface area contributed by atoms with Crippen LogP contribution in [0.25, 0.3) is 0 Å². The Hall–Kier alpha value is -6.27. The zero-order chi connectivity index (χ0) is 51.2. The first-order chi connectivity index (χ1) is 33.9. The van der Waals surface area contributed by atoms with Crippen molar-refractivity contribution < 1.29 is 82.4 Å². The number of hydrogen-bond acceptors (Lipinski definition) is 31. The summed E-state index contributed by atoms with van der Waals surface area (Å²) in [5.74, 6) is -0.863. The Bertz CT molecular complexity index is 3260. The molecule has 30 nitrogen and oxygen atoms in total. The summed E-state index contributed by atoms with van der Waals surface area (Å²) in [6.07, 6.45) is 0. The smallest absolute Gasteiger partial charge is 0.296 e. The summed E-state index contributed by atoms with van der Waals surface area (Å²) in [7, 11) is -13.5. The number of azo groups is 2. The molecule has 0 spiro atoms. The minimum atomic E-state index is -5.08. The fraction of sp³-hybridized carbons (Fsp3) is 0.0571. The molecule has 0 saturated heterocycles. The Balaban J connectivity index is 1.33. The maximum Gasteiger partial charge on any atom is 0.296 e. The van der Waals surface area contributed by atoms with Crippen LogP contribution in [0.15, 0.2) is 142 Å². The fourth-order valence-corrected chi connectivity index (χ4v) is 8.87. The Morgan fingerprint density at radius 3 is 1.79 bits per heavy atom. The van der Waals surface area contributed by atoms with E-state index in [2.05, 4.69) is 79.5 Å². The van der Waals surface area contributed by atoms with Crippen molar-refractivity contribution in [1.82, 2.24) is 15.0 Å². The third kappa shape index (κ3) is 15.6. The molecular weight excluding hydrogens is 1070 g/mol. The molecule has 36 heteroatoms. The van der Waals surface area contributed by atoms with Gasteiger partial charge in [0.1, 0.15) is 22.0 Å². The normalized spacial score (nSPS) is 12.2. The van der Waals surface area contributed by atoms with Gasteiger partial charge in [0.25, 0.3) is 20.2 Å². The Kier molecular flexibility index (Phi) is 18.8. The monoisotopic (exact) mass is 1100 g/mol. The SMILES string of the molecule is Nc1c(N=Nc2ccc(S(=O)(=O)CCOSOOO)cc2)cc(S(=O)(=O)O)c(N)c1N=Nc1cc(Nc2nc(Nc3cccc(SOOO)c3)nc(Nc3cccc(S(=O)(=O)O)c3)n2)ccc1SOOO. The lowest BCUT2D eigenvalue weighted by atomic mass is 10.2. The summed E-state index contributed by atoms with van der Waals surface area (Å²) in [6.45, 7) is -0.336. The fourth-order valence-electron chi connectivity index (χ4n) is 5.47. The van der Waals surface area contributed by atoms with Gasteiger partial charge in [0.05, 0.1) is 68.2 Å². The van der Waals surface area contributed by atoms with Crippen molar-refractivity contribution in [3.63, 3.8) is 0 Å². The summed E-state index contributed by atoms with van der Waals surface area (Å²) in [5, 5.41) is 61.3. The molecule has 71 heavy (non-hydrogen) atoms. The molecule has 1 heterocycles. The summed E-state index contributed by atoms with van der Waals surface area (Å²) in [6, 6.07) is 21.6. The number of nitrogens with zero attached hydrogens (tertiary/aromatic N) is 7. The van der Waals surface area contributed by atoms with Gasteiger partial charge in [-0.3, -0.25) is 13.3 Å². The van der Waals surface area contributed by atoms with E-state index in [4.69, 9.17) is 31.4 Å². The van der Waals surface area contributed by atoms with Crippen LogP contribution in [0.3, 0.4) is 0 Å². The summed E-state index contributed by atoms with van der Waals surface area (Å²) < 4.78 is 112. The van der Waals surface area contributed by atoms with Gasteiger partial charge < -0.3 is 27.4 Å². The van der Waals surface area contributed by atoms with E-state index in [1.54, 1.807) is 24.3 Å². The van der Waals surface area contributed by atoms with Gasteiger partial charge in [0.2, 0.25) is 17.8 Å². The molecule has 5 aromatic carbocycles. The highest BCUT2D eigenvalue weighted by molar-refractivity contribution is 7.95. The van der Waals surface area contributed by atoms with Crippen LogP contribution in [0.5, 0.6) is 0 Å². The number of rotatable bonds is 25. The van der Waals surface area contributed by atoms with Crippen molar-refractivity contribution in [3.8, 4) is 0 Å². The molecule has 0 radical (unpaired) electrons. The predicted octanol–water partition coefficient (Wildman–Crippen LogP) is 8.22. The average Bonchev–Trinajstić information content (AvgIpc) is 3.32. The van der Waals surface area contributed by atoms with Gasteiger partial charge in [0, 0.05) is 22.0 Å². The van der Waals surface area contributed by atoms with Gasteiger partial charge in [-0.1, -0.05) is 27.2 Å². The van der Waals surface area contributed by atoms with E-state index in [-0.39, 0.29) is 80.7 Å². The largest absolute Gasteiger partial charge is 0.396 e. The second kappa shape index (κ2) is 24.7. The zero-order valence-electron chi connectivity index (χ0n) is 34.9. The number of aromatic nitrogens is 3. The molecule has 0 fully saturated rings. The third-order valence-electron chi connectivity index (χ3n) is 8.51. The first kappa shape index (κ1) is 54.1. The van der Waals surface area contributed by atoms with E-state index in [1.807, 2.05) is 0 Å². The Morgan fingerprint density at radius 1 is 0.577 bits per heavy atom. The van der Waals surface area contributed by atoms with Crippen LogP contribution in [0.2, 0.25) is 0 Å². The van der Waals surface area contributed by atoms with Gasteiger partial charge in [0.15, 0.2) is 22.2 Å². The van der Waals surface area contributed by atoms with Gasteiger partial charge in [-0.25, -0.2) is 24.2 Å². The molecule has 0 bridgehead atoms. The topological polar surface area (TPSA) is 444 Å². The van der Waals surface area contributed by atoms with E-state index in [0.29, 0.717) is 34.7 Å². The summed E-state index contributed by atoms with van der Waals surface area (Å²) in [5.41, 5.74) is 11.3. The number of nitrogens with two attached hydrogens (primary N) is 2. The molecule has 0 atom stereocenters. The van der Waals surface area contributed by atoms with Crippen LogP contribution in [0.1, 0.15) is 0 Å². The zero-order valence-corrected chi connectivity index (χ0v) is 39.8. The summed E-state index contributed by atoms with van der Waals surface area (Å²) >= 11 is 1.33. The van der Waals surface area contributed by atoms with Gasteiger partial charge >= 0.3 is 0 Å². The van der Waals surface area contributed by atoms with Crippen LogP contribution >= 0.6 is 36.4 Å². The highest BCUT2D eigenvalue weighted by Crippen LogP contribution is 2.44. The second-order valence-corrected chi connectivity index (χ2v) is 20.1. The molecule has 6 rings (SSSR count). The molecule has 12 N–H and O–H groups in total. The van der Waals surface area contributed by atoms with Gasteiger partial charge in [-0.2, -0.15) is 36.9 Å². The van der Waals surface area contributed by atoms with E-state index in [1.165, 1.54) is 54.6 Å². The highest BCUT2D eigenvalue weighted by Gasteiger charge is 2.23. The number of anilines is 8. The number of hydrogen-bond donors (Lipinski definition) is 10. The third-order valence-corrected chi connectivity index (χ3v) is 13.6. The van der Waals surface area contributed by atoms with Gasteiger partial charge in [-0.05, 0) is 84.9 Å². The van der Waals surface area contributed by atoms with E-state index < -0.39 is 57.0 Å². The molecule has 6 aromatic rings. The minimum Gasteiger partial charge on any atom is -0.396 e. The van der Waals surface area contributed by atoms with Crippen molar-refractivity contribution >= 4 is 136 Å². The summed E-state index contributed by atoms with van der Waals surface area (Å²) in [4.78, 5) is 12.3. The quantitative estimate of drug-likeness (QED) is 0.00490. The highest BCUT2D eigenvalue weighted by atomic mass is 32.2. The van der Waals surface area contributed by atoms with E-state index in [0.717, 1.165) is 18.2 Å². The second-order valence-electron chi connectivity index (χ2n) is 13.1. The maximum absolute atomic E-state index is 12.7. The van der Waals surface area contributed by atoms with Crippen LogP contribution in [-0.4, -0.2) is 77.4 Å². The number of nitrogen functional groups attached to an aromatic ring is 2. The van der Waals surface area contributed by atoms with Crippen LogP contribution < -0.4 is 27.4 Å². The molecule has 0 aliphatic rings. The standard InChI is InChI=1S/C35H32N12O18S6/c36-30-27(46-44-19-7-10-24(11-8-19)69(51,52)14-13-59-68-65-62-50)18-29(71(56,57)58)31(37)32(30)47-45-26-17-22(9-12-28(26)67-64-61-49)40-35-42-33(38-20-3-1-5-23(15-20)66-63-60-48)41-34(43-35)39-21-4-2-6-25(16-21)70(53,54)55/h1-12,15-18,48-50H,13-14,36-37H2,(H,53,54,55)(H,56,57,58)(H3,38,39,40,41,42,43). The van der Waals surface area contributed by atoms with E-state index in [9.17, 15) is 34.4 Å². The van der Waals surface area contributed by atoms with Crippen molar-refractivity contribution in [1.29, 1.82) is 0 Å². The molecule has 0 saturated carbocycles. The first-order valence-electron chi connectivity index (χ1n) is 18.7. The van der Waals surface area contributed by atoms with Crippen LogP contribution in [0.4, 0.5) is 69.0 Å². The Labute approximate surface area is 412 Å². The number of benzene rings is 5. The van der Waals surface area contributed by atoms with Gasteiger partial charge in [-0.15, -0.1) is 28.3 Å². The molecule has 0 aliphatic carbocycles. The predicted molar refractivity (Wildman–Crippen MR) is 250 cm³/mol. The van der Waals surface area contributed by atoms with Crippen molar-refractivity contribution in [2.24, 2.45) is 20.5 Å². The van der Waals surface area contributed by atoms with Crippen LogP contribution in [0, 0.1) is 0 Å². The lowest BCUT2D eigenvalue weighted by Crippen LogP contribution is -2.10. The molecule has 376 valence electrons. The lowest BCUT2D eigenvalue weighted by molar-refractivity contribution is -0.434. The van der Waals surface area contributed by atoms with Crippen molar-refractivity contribution in [2.75, 3.05) is 39.8 Å². The molecule has 0 amide bonds. The molecular formula is C35H32N12O18S6.